The number of thiophene rings is 1. The number of ether oxygens (including phenoxy) is 2. The number of halogens is 1. The molecule has 0 saturated heterocycles. The van der Waals surface area contributed by atoms with Crippen molar-refractivity contribution in [3.8, 4) is 44.6 Å². The van der Waals surface area contributed by atoms with Gasteiger partial charge in [0.25, 0.3) is 0 Å². The molecule has 6 aromatic rings. The van der Waals surface area contributed by atoms with Crippen LogP contribution < -0.4 is 15.8 Å². The molecule has 6 rings (SSSR count). The first-order chi connectivity index (χ1) is 23.4. The predicted molar refractivity (Wildman–Crippen MR) is 190 cm³/mol. The quantitative estimate of drug-likeness (QED) is 0.160. The van der Waals surface area contributed by atoms with Crippen LogP contribution in [0.4, 0.5) is 20.7 Å². The number of nitrogens with zero attached hydrogens (tertiary/aromatic N) is 4. The number of rotatable bonds is 7. The number of fused-ring (bicyclic) bond motifs is 1. The Bertz CT molecular complexity index is 2230. The molecule has 0 bridgehead atoms. The van der Waals surface area contributed by atoms with E-state index in [1.54, 1.807) is 89.5 Å². The number of nitrogen functional groups attached to an aromatic ring is 1. The standard InChI is InChI=1S/C37H33FN6O4S/c1-6-8-29(45)43-24-13-10-22(11-14-24)32-30(23-12-15-28(26(38)19-23)47-35-40-17-16-21(2)42-35)31-33(49-32)25(20-41-34(31)39)27-9-7-18-44(27)36(46)48-37(3,4)5/h6-20H,1-5H3,(H2,39,41)(H,43,45). The summed E-state index contributed by atoms with van der Waals surface area (Å²) in [6.07, 6.45) is 7.35. The zero-order valence-corrected chi connectivity index (χ0v) is 28.3. The first-order valence-corrected chi connectivity index (χ1v) is 16.2. The van der Waals surface area contributed by atoms with Gasteiger partial charge in [0, 0.05) is 51.4 Å². The molecule has 1 amide bonds. The second kappa shape index (κ2) is 13.3. The zero-order chi connectivity index (χ0) is 34.9. The van der Waals surface area contributed by atoms with Gasteiger partial charge in [0.05, 0.1) is 10.4 Å². The van der Waals surface area contributed by atoms with E-state index in [1.165, 1.54) is 40.3 Å². The van der Waals surface area contributed by atoms with Crippen molar-refractivity contribution in [1.29, 1.82) is 0 Å². The van der Waals surface area contributed by atoms with Crippen LogP contribution in [0.1, 0.15) is 33.4 Å². The largest absolute Gasteiger partial charge is 0.443 e. The molecule has 4 aromatic heterocycles. The highest BCUT2D eigenvalue weighted by Gasteiger charge is 2.26. The molecule has 49 heavy (non-hydrogen) atoms. The number of benzene rings is 2. The van der Waals surface area contributed by atoms with E-state index in [4.69, 9.17) is 15.2 Å². The number of carbonyl (C=O) groups excluding carboxylic acids is 2. The average molecular weight is 677 g/mol. The summed E-state index contributed by atoms with van der Waals surface area (Å²) in [7, 11) is 0. The van der Waals surface area contributed by atoms with Crippen molar-refractivity contribution < 1.29 is 23.5 Å². The van der Waals surface area contributed by atoms with E-state index in [1.807, 2.05) is 12.1 Å². The van der Waals surface area contributed by atoms with E-state index >= 15 is 4.39 Å². The summed E-state index contributed by atoms with van der Waals surface area (Å²) in [5, 5.41) is 3.42. The lowest BCUT2D eigenvalue weighted by molar-refractivity contribution is -0.111. The Hall–Kier alpha value is -5.88. The Morgan fingerprint density at radius 1 is 1.04 bits per heavy atom. The predicted octanol–water partition coefficient (Wildman–Crippen LogP) is 9.01. The number of nitrogens with two attached hydrogens (primary N) is 1. The maximum absolute atomic E-state index is 15.8. The van der Waals surface area contributed by atoms with Crippen LogP contribution in [0.3, 0.4) is 0 Å². The monoisotopic (exact) mass is 676 g/mol. The van der Waals surface area contributed by atoms with Gasteiger partial charge in [-0.1, -0.05) is 24.3 Å². The van der Waals surface area contributed by atoms with Gasteiger partial charge in [-0.15, -0.1) is 11.3 Å². The van der Waals surface area contributed by atoms with Crippen LogP contribution in [0.15, 0.2) is 91.4 Å². The lowest BCUT2D eigenvalue weighted by Gasteiger charge is -2.20. The first kappa shape index (κ1) is 33.0. The fraction of sp³-hybridized carbons (Fsp3) is 0.162. The third-order valence-electron chi connectivity index (χ3n) is 7.28. The number of hydrogen-bond acceptors (Lipinski definition) is 9. The molecule has 248 valence electrons. The van der Waals surface area contributed by atoms with E-state index in [0.29, 0.717) is 39.2 Å². The first-order valence-electron chi connectivity index (χ1n) is 15.4. The normalized spacial score (nSPS) is 11.6. The summed E-state index contributed by atoms with van der Waals surface area (Å²) in [5.41, 5.74) is 10.3. The number of pyridine rings is 1. The van der Waals surface area contributed by atoms with E-state index in [9.17, 15) is 9.59 Å². The Balaban J connectivity index is 1.52. The third kappa shape index (κ3) is 7.04. The number of allylic oxidation sites excluding steroid dienone is 1. The van der Waals surface area contributed by atoms with Crippen molar-refractivity contribution in [2.45, 2.75) is 40.2 Å². The molecule has 2 aromatic carbocycles. The number of amides is 1. The molecule has 4 heterocycles. The number of nitrogens with one attached hydrogen (secondary N) is 1. The van der Waals surface area contributed by atoms with Crippen molar-refractivity contribution in [2.24, 2.45) is 0 Å². The maximum Gasteiger partial charge on any atom is 0.418 e. The second-order valence-corrected chi connectivity index (χ2v) is 13.1. The third-order valence-corrected chi connectivity index (χ3v) is 8.56. The maximum atomic E-state index is 15.8. The van der Waals surface area contributed by atoms with Crippen LogP contribution in [-0.2, 0) is 9.53 Å². The molecule has 0 saturated carbocycles. The van der Waals surface area contributed by atoms with Crippen LogP contribution in [0.25, 0.3) is 42.9 Å². The van der Waals surface area contributed by atoms with E-state index in [2.05, 4.69) is 20.3 Å². The minimum Gasteiger partial charge on any atom is -0.443 e. The van der Waals surface area contributed by atoms with Crippen LogP contribution in [0.5, 0.6) is 11.8 Å². The molecular formula is C37H33FN6O4S. The molecule has 0 aliphatic rings. The zero-order valence-electron chi connectivity index (χ0n) is 27.4. The SMILES string of the molecule is CC=CC(=O)Nc1ccc(-c2sc3c(-c4cccn4C(=O)OC(C)(C)C)cnc(N)c3c2-c2ccc(Oc3nccc(C)n3)c(F)c2)cc1. The average Bonchev–Trinajstić information content (AvgIpc) is 3.69. The van der Waals surface area contributed by atoms with Crippen molar-refractivity contribution in [2.75, 3.05) is 11.1 Å². The number of hydrogen-bond donors (Lipinski definition) is 2. The van der Waals surface area contributed by atoms with Crippen LogP contribution >= 0.6 is 11.3 Å². The Labute approximate surface area is 286 Å². The fourth-order valence-corrected chi connectivity index (χ4v) is 6.56. The summed E-state index contributed by atoms with van der Waals surface area (Å²) >= 11 is 1.43. The van der Waals surface area contributed by atoms with Gasteiger partial charge in [-0.25, -0.2) is 24.1 Å². The number of aryl methyl sites for hydroxylation is 1. The lowest BCUT2D eigenvalue weighted by atomic mass is 9.97. The van der Waals surface area contributed by atoms with Crippen molar-refractivity contribution in [1.82, 2.24) is 19.5 Å². The van der Waals surface area contributed by atoms with E-state index < -0.39 is 17.5 Å². The highest BCUT2D eigenvalue weighted by Crippen LogP contribution is 2.50. The molecule has 0 fully saturated rings. The Kier molecular flexibility index (Phi) is 8.98. The number of aromatic nitrogens is 4. The molecule has 0 unspecified atom stereocenters. The van der Waals surface area contributed by atoms with Gasteiger partial charge in [0.15, 0.2) is 11.6 Å². The summed E-state index contributed by atoms with van der Waals surface area (Å²) < 4.78 is 29.3. The molecule has 0 aliphatic carbocycles. The van der Waals surface area contributed by atoms with Crippen molar-refractivity contribution in [3.05, 3.63) is 103 Å². The smallest absolute Gasteiger partial charge is 0.418 e. The molecule has 0 atom stereocenters. The molecule has 0 aliphatic heterocycles. The highest BCUT2D eigenvalue weighted by atomic mass is 32.1. The summed E-state index contributed by atoms with van der Waals surface area (Å²) in [4.78, 5) is 38.9. The summed E-state index contributed by atoms with van der Waals surface area (Å²) in [5.74, 6) is -0.686. The van der Waals surface area contributed by atoms with E-state index in [0.717, 1.165) is 15.1 Å². The van der Waals surface area contributed by atoms with Crippen LogP contribution in [0, 0.1) is 12.7 Å². The molecule has 0 radical (unpaired) electrons. The van der Waals surface area contributed by atoms with Crippen molar-refractivity contribution in [3.63, 3.8) is 0 Å². The molecule has 0 spiro atoms. The van der Waals surface area contributed by atoms with Crippen LogP contribution in [0.2, 0.25) is 0 Å². The Morgan fingerprint density at radius 3 is 2.49 bits per heavy atom. The van der Waals surface area contributed by atoms with Gasteiger partial charge in [0.1, 0.15) is 11.4 Å². The highest BCUT2D eigenvalue weighted by molar-refractivity contribution is 7.23. The van der Waals surface area contributed by atoms with Gasteiger partial charge in [-0.2, -0.15) is 0 Å². The lowest BCUT2D eigenvalue weighted by Crippen LogP contribution is -2.27. The number of anilines is 2. The van der Waals surface area contributed by atoms with Gasteiger partial charge >= 0.3 is 12.1 Å². The minimum atomic E-state index is -0.708. The van der Waals surface area contributed by atoms with Crippen molar-refractivity contribution >= 4 is 44.9 Å². The van der Waals surface area contributed by atoms with Gasteiger partial charge < -0.3 is 20.5 Å². The minimum absolute atomic E-state index is 0.0287. The van der Waals surface area contributed by atoms with E-state index in [-0.39, 0.29) is 23.5 Å². The molecule has 3 N–H and O–H groups in total. The van der Waals surface area contributed by atoms with Crippen LogP contribution in [-0.4, -0.2) is 37.1 Å². The number of carbonyl (C=O) groups is 2. The fourth-order valence-electron chi connectivity index (χ4n) is 5.21. The second-order valence-electron chi connectivity index (χ2n) is 12.1. The molecular weight excluding hydrogens is 644 g/mol. The molecule has 10 nitrogen and oxygen atoms in total. The van der Waals surface area contributed by atoms with Gasteiger partial charge in [0.2, 0.25) is 5.91 Å². The molecule has 12 heteroatoms. The van der Waals surface area contributed by atoms with Gasteiger partial charge in [-0.05, 0) is 94.3 Å². The van der Waals surface area contributed by atoms with Gasteiger partial charge in [-0.3, -0.25) is 9.36 Å². The summed E-state index contributed by atoms with van der Waals surface area (Å²) in [6, 6.07) is 17.3. The topological polar surface area (TPSA) is 134 Å². The summed E-state index contributed by atoms with van der Waals surface area (Å²) in [6.45, 7) is 8.96. The Morgan fingerprint density at radius 2 is 1.80 bits per heavy atom.